The normalized spacial score (nSPS) is 14.6. The van der Waals surface area contributed by atoms with Gasteiger partial charge in [-0.15, -0.1) is 0 Å². The number of aliphatic hydroxyl groups is 1. The lowest BCUT2D eigenvalue weighted by Crippen LogP contribution is -2.28. The third kappa shape index (κ3) is 3.14. The Labute approximate surface area is 136 Å². The summed E-state index contributed by atoms with van der Waals surface area (Å²) < 4.78 is 34.1. The van der Waals surface area contributed by atoms with Gasteiger partial charge in [0.25, 0.3) is 0 Å². The fourth-order valence-electron chi connectivity index (χ4n) is 2.28. The van der Waals surface area contributed by atoms with Crippen LogP contribution >= 0.6 is 0 Å². The van der Waals surface area contributed by atoms with Crippen molar-refractivity contribution >= 4 is 33.5 Å². The smallest absolute Gasteiger partial charge is 0.446 e. The minimum Gasteiger partial charge on any atom is -0.507 e. The maximum Gasteiger partial charge on any atom is 0.446 e. The number of benzene rings is 1. The summed E-state index contributed by atoms with van der Waals surface area (Å²) in [5.41, 5.74) is -1.76. The van der Waals surface area contributed by atoms with E-state index in [1.54, 1.807) is 6.92 Å². The van der Waals surface area contributed by atoms with E-state index in [-0.39, 0.29) is 6.42 Å². The second-order valence-corrected chi connectivity index (χ2v) is 5.95. The van der Waals surface area contributed by atoms with Gasteiger partial charge in [0, 0.05) is 18.1 Å². The maximum absolute atomic E-state index is 12.1. The highest BCUT2D eigenvalue weighted by Gasteiger charge is 2.38. The van der Waals surface area contributed by atoms with Crippen LogP contribution < -0.4 is 4.18 Å². The molecule has 0 amide bonds. The zero-order valence-corrected chi connectivity index (χ0v) is 13.1. The average molecular weight is 356 g/mol. The van der Waals surface area contributed by atoms with Gasteiger partial charge in [-0.3, -0.25) is 18.9 Å². The molecule has 9 nitrogen and oxygen atoms in total. The van der Waals surface area contributed by atoms with Gasteiger partial charge >= 0.3 is 10.4 Å². The Balaban J connectivity index is 2.68. The molecule has 10 heteroatoms. The molecule has 0 saturated carbocycles. The van der Waals surface area contributed by atoms with Gasteiger partial charge in [-0.05, 0) is 12.5 Å². The van der Waals surface area contributed by atoms with E-state index in [0.29, 0.717) is 12.5 Å². The van der Waals surface area contributed by atoms with Crippen LogP contribution in [0, 0.1) is 0 Å². The second kappa shape index (κ2) is 6.06. The molecule has 3 N–H and O–H groups in total. The molecule has 0 atom stereocenters. The van der Waals surface area contributed by atoms with E-state index in [9.17, 15) is 33.0 Å². The molecule has 24 heavy (non-hydrogen) atoms. The highest BCUT2D eigenvalue weighted by Crippen LogP contribution is 2.38. The topological polar surface area (TPSA) is 155 Å². The molecule has 1 aliphatic carbocycles. The quantitative estimate of drug-likeness (QED) is 0.397. The summed E-state index contributed by atoms with van der Waals surface area (Å²) in [5, 5.41) is 20.0. The summed E-state index contributed by atoms with van der Waals surface area (Å²) in [6.45, 7) is 1.66. The predicted molar refractivity (Wildman–Crippen MR) is 79.1 cm³/mol. The maximum atomic E-state index is 12.1. The van der Waals surface area contributed by atoms with Crippen LogP contribution in [0.4, 0.5) is 0 Å². The van der Waals surface area contributed by atoms with E-state index in [1.807, 2.05) is 0 Å². The molecule has 0 bridgehead atoms. The van der Waals surface area contributed by atoms with Crippen LogP contribution in [-0.2, 0) is 20.0 Å². The first kappa shape index (κ1) is 17.6. The summed E-state index contributed by atoms with van der Waals surface area (Å²) in [6.07, 6.45) is 0.287. The van der Waals surface area contributed by atoms with Crippen molar-refractivity contribution in [3.8, 4) is 11.5 Å². The summed E-state index contributed by atoms with van der Waals surface area (Å²) in [4.78, 5) is 36.1. The number of allylic oxidation sites excluding steroid dienone is 1. The van der Waals surface area contributed by atoms with Gasteiger partial charge in [-0.1, -0.05) is 6.92 Å². The molecule has 0 aromatic heterocycles. The number of Topliss-reactive ketones (excluding diaryl/α,β-unsaturated/α-hetero) is 3. The lowest BCUT2D eigenvalue weighted by molar-refractivity contribution is -0.119. The van der Waals surface area contributed by atoms with Crippen molar-refractivity contribution in [1.82, 2.24) is 0 Å². The van der Waals surface area contributed by atoms with Gasteiger partial charge < -0.3 is 14.4 Å². The molecule has 0 radical (unpaired) electrons. The van der Waals surface area contributed by atoms with Crippen molar-refractivity contribution in [3.05, 3.63) is 28.8 Å². The number of hydrogen-bond acceptors (Lipinski definition) is 8. The lowest BCUT2D eigenvalue weighted by atomic mass is 9.85. The van der Waals surface area contributed by atoms with E-state index >= 15 is 0 Å². The summed E-state index contributed by atoms with van der Waals surface area (Å²) in [6, 6.07) is 1.45. The van der Waals surface area contributed by atoms with Crippen molar-refractivity contribution in [1.29, 1.82) is 0 Å². The van der Waals surface area contributed by atoms with Crippen molar-refractivity contribution in [2.75, 3.05) is 0 Å². The first-order valence-corrected chi connectivity index (χ1v) is 8.03. The first-order chi connectivity index (χ1) is 11.1. The van der Waals surface area contributed by atoms with Crippen LogP contribution in [0.2, 0.25) is 0 Å². The number of aromatic hydroxyl groups is 1. The van der Waals surface area contributed by atoms with Crippen molar-refractivity contribution in [2.45, 2.75) is 19.8 Å². The molecule has 0 saturated heterocycles. The molecule has 0 spiro atoms. The van der Waals surface area contributed by atoms with Crippen LogP contribution in [0.1, 0.15) is 35.7 Å². The van der Waals surface area contributed by atoms with Gasteiger partial charge in [0.15, 0.2) is 5.78 Å². The van der Waals surface area contributed by atoms with Crippen LogP contribution in [0.25, 0.3) is 5.76 Å². The Hall–Kier alpha value is -2.72. The van der Waals surface area contributed by atoms with E-state index in [4.69, 9.17) is 4.55 Å². The fourth-order valence-corrected chi connectivity index (χ4v) is 2.62. The van der Waals surface area contributed by atoms with Gasteiger partial charge in [0.05, 0.1) is 5.56 Å². The van der Waals surface area contributed by atoms with Crippen LogP contribution in [0.3, 0.4) is 0 Å². The minimum absolute atomic E-state index is 0.0849. The number of hydrogen-bond donors (Lipinski definition) is 3. The Morgan fingerprint density at radius 1 is 1.17 bits per heavy atom. The molecule has 128 valence electrons. The standard InChI is InChI=1S/C14H12O9S/c1-2-3-8(15)11-13(18)10-7(12(17)14(11)19)4-6(5-9(10)16)23-24(20,21)22/h4-5,16,18H,2-3H2,1H3,(H,20,21,22). The SMILES string of the molecule is CCCC(=O)C1=C(O)c2c(O)cc(OS(=O)(=O)O)cc2C(=O)C1=O. The number of rotatable bonds is 5. The molecule has 1 aliphatic rings. The lowest BCUT2D eigenvalue weighted by Gasteiger charge is -2.18. The first-order valence-electron chi connectivity index (χ1n) is 6.66. The van der Waals surface area contributed by atoms with Crippen molar-refractivity contribution < 1.29 is 41.8 Å². The molecule has 0 aliphatic heterocycles. The van der Waals surface area contributed by atoms with E-state index in [0.717, 1.165) is 6.07 Å². The van der Waals surface area contributed by atoms with Crippen LogP contribution in [0.5, 0.6) is 11.5 Å². The summed E-state index contributed by atoms with van der Waals surface area (Å²) in [5.74, 6) is -5.57. The third-order valence-corrected chi connectivity index (χ3v) is 3.60. The number of carbonyl (C=O) groups excluding carboxylic acids is 3. The van der Waals surface area contributed by atoms with E-state index in [2.05, 4.69) is 4.18 Å². The van der Waals surface area contributed by atoms with Crippen LogP contribution in [-0.4, -0.2) is 40.5 Å². The average Bonchev–Trinajstić information content (AvgIpc) is 2.42. The van der Waals surface area contributed by atoms with E-state index < -0.39 is 61.7 Å². The van der Waals surface area contributed by atoms with Crippen molar-refractivity contribution in [2.24, 2.45) is 0 Å². The largest absolute Gasteiger partial charge is 0.507 e. The van der Waals surface area contributed by atoms with Gasteiger partial charge in [-0.2, -0.15) is 8.42 Å². The number of aliphatic hydroxyl groups excluding tert-OH is 1. The number of phenols is 1. The Bertz CT molecular complexity index is 893. The zero-order valence-electron chi connectivity index (χ0n) is 12.3. The predicted octanol–water partition coefficient (Wildman–Crippen LogP) is 0.978. The Morgan fingerprint density at radius 2 is 1.79 bits per heavy atom. The number of phenolic OH excluding ortho intramolecular Hbond substituents is 1. The summed E-state index contributed by atoms with van der Waals surface area (Å²) >= 11 is 0. The molecule has 0 unspecified atom stereocenters. The molecule has 1 aromatic carbocycles. The third-order valence-electron chi connectivity index (χ3n) is 3.20. The fraction of sp³-hybridized carbons (Fsp3) is 0.214. The summed E-state index contributed by atoms with van der Waals surface area (Å²) in [7, 11) is -4.93. The van der Waals surface area contributed by atoms with Gasteiger partial charge in [-0.25, -0.2) is 0 Å². The minimum atomic E-state index is -4.93. The number of carbonyl (C=O) groups is 3. The van der Waals surface area contributed by atoms with Crippen molar-refractivity contribution in [3.63, 3.8) is 0 Å². The molecular weight excluding hydrogens is 344 g/mol. The second-order valence-electron chi connectivity index (χ2n) is 4.93. The molecule has 0 fully saturated rings. The Morgan fingerprint density at radius 3 is 2.33 bits per heavy atom. The van der Waals surface area contributed by atoms with Gasteiger partial charge in [0.2, 0.25) is 11.6 Å². The number of ketones is 3. The van der Waals surface area contributed by atoms with Crippen LogP contribution in [0.15, 0.2) is 17.7 Å². The van der Waals surface area contributed by atoms with Gasteiger partial charge in [0.1, 0.15) is 22.8 Å². The molecule has 2 rings (SSSR count). The monoisotopic (exact) mass is 356 g/mol. The Kier molecular flexibility index (Phi) is 4.45. The molecule has 0 heterocycles. The number of fused-ring (bicyclic) bond motifs is 1. The van der Waals surface area contributed by atoms with E-state index in [1.165, 1.54) is 0 Å². The highest BCUT2D eigenvalue weighted by molar-refractivity contribution is 7.81. The zero-order chi connectivity index (χ0) is 18.2. The molecule has 1 aromatic rings. The molecular formula is C14H12O9S. The highest BCUT2D eigenvalue weighted by atomic mass is 32.3.